The van der Waals surface area contributed by atoms with Gasteiger partial charge in [-0.3, -0.25) is 0 Å². The van der Waals surface area contributed by atoms with Crippen LogP contribution in [-0.2, 0) is 6.42 Å². The van der Waals surface area contributed by atoms with E-state index in [0.29, 0.717) is 0 Å². The van der Waals surface area contributed by atoms with Gasteiger partial charge in [-0.25, -0.2) is 0 Å². The van der Waals surface area contributed by atoms with Gasteiger partial charge in [0.05, 0.1) is 7.11 Å². The molecule has 2 heterocycles. The first-order chi connectivity index (χ1) is 15.6. The summed E-state index contributed by atoms with van der Waals surface area (Å²) in [5.41, 5.74) is 1.39. The number of hydrogen-bond donors (Lipinski definition) is 0. The van der Waals surface area contributed by atoms with Crippen LogP contribution in [0.5, 0.6) is 5.75 Å². The van der Waals surface area contributed by atoms with Crippen LogP contribution in [0.3, 0.4) is 0 Å². The van der Waals surface area contributed by atoms with Crippen molar-refractivity contribution in [1.82, 2.24) is 14.7 Å². The highest BCUT2D eigenvalue weighted by Crippen LogP contribution is 2.29. The monoisotopic (exact) mass is 507 g/mol. The zero-order valence-corrected chi connectivity index (χ0v) is 22.4. The fourth-order valence-corrected chi connectivity index (χ4v) is 5.98. The number of hydrogen-bond acceptors (Lipinski definition) is 4. The molecule has 0 saturated carbocycles. The summed E-state index contributed by atoms with van der Waals surface area (Å²) >= 11 is 3.73. The lowest BCUT2D eigenvalue weighted by atomic mass is 9.89. The average Bonchev–Trinajstić information content (AvgIpc) is 2.83. The van der Waals surface area contributed by atoms with E-state index in [1.807, 2.05) is 6.07 Å². The largest absolute Gasteiger partial charge is 0.497 e. The van der Waals surface area contributed by atoms with Gasteiger partial charge in [0.1, 0.15) is 5.75 Å². The van der Waals surface area contributed by atoms with E-state index in [4.69, 9.17) is 4.74 Å². The molecular formula is C27H46BrN3O. The number of methoxy groups -OCH3 is 1. The van der Waals surface area contributed by atoms with Gasteiger partial charge in [-0.05, 0) is 133 Å². The third-order valence-electron chi connectivity index (χ3n) is 7.77. The van der Waals surface area contributed by atoms with Crippen LogP contribution in [0.25, 0.3) is 0 Å². The Morgan fingerprint density at radius 2 is 1.78 bits per heavy atom. The summed E-state index contributed by atoms with van der Waals surface area (Å²) < 4.78 is 6.64. The standard InChI is InChI=1S/C27H46BrN3O/c1-4-29(5-2)15-7-16-31-14-6-8-24(22-31)13-19-30-17-11-23(12-18-30)20-25-21-26(32-3)9-10-27(25)28/h9-10,21,23-24H,4-8,11-20,22H2,1-3H3. The van der Waals surface area contributed by atoms with Gasteiger partial charge in [-0.2, -0.15) is 0 Å². The molecule has 0 spiro atoms. The van der Waals surface area contributed by atoms with Gasteiger partial charge in [0, 0.05) is 11.0 Å². The summed E-state index contributed by atoms with van der Waals surface area (Å²) in [6.45, 7) is 16.0. The Labute approximate surface area is 205 Å². The zero-order chi connectivity index (χ0) is 22.8. The quantitative estimate of drug-likeness (QED) is 0.369. The van der Waals surface area contributed by atoms with E-state index < -0.39 is 0 Å². The van der Waals surface area contributed by atoms with E-state index in [2.05, 4.69) is 56.6 Å². The molecule has 1 unspecified atom stereocenters. The number of likely N-dealkylation sites (tertiary alicyclic amines) is 2. The number of piperidine rings is 2. The highest BCUT2D eigenvalue weighted by atomic mass is 79.9. The summed E-state index contributed by atoms with van der Waals surface area (Å²) in [6.07, 6.45) is 9.36. The summed E-state index contributed by atoms with van der Waals surface area (Å²) in [5.74, 6) is 2.67. The second-order valence-corrected chi connectivity index (χ2v) is 10.8. The lowest BCUT2D eigenvalue weighted by Crippen LogP contribution is -2.40. The maximum Gasteiger partial charge on any atom is 0.119 e. The SMILES string of the molecule is CCN(CC)CCCN1CCCC(CCN2CCC(Cc3cc(OC)ccc3Br)CC2)C1. The average molecular weight is 509 g/mol. The van der Waals surface area contributed by atoms with Crippen molar-refractivity contribution in [1.29, 1.82) is 0 Å². The second kappa shape index (κ2) is 13.9. The minimum atomic E-state index is 0.797. The van der Waals surface area contributed by atoms with Gasteiger partial charge in [-0.15, -0.1) is 0 Å². The van der Waals surface area contributed by atoms with Crippen molar-refractivity contribution in [3.63, 3.8) is 0 Å². The van der Waals surface area contributed by atoms with Gasteiger partial charge in [0.2, 0.25) is 0 Å². The predicted octanol–water partition coefficient (Wildman–Crippen LogP) is 5.55. The number of ether oxygens (including phenoxy) is 1. The fraction of sp³-hybridized carbons (Fsp3) is 0.778. The molecule has 182 valence electrons. The van der Waals surface area contributed by atoms with Crippen molar-refractivity contribution in [3.8, 4) is 5.75 Å². The Kier molecular flexibility index (Phi) is 11.3. The molecule has 0 aromatic heterocycles. The molecule has 2 saturated heterocycles. The van der Waals surface area contributed by atoms with E-state index in [9.17, 15) is 0 Å². The minimum absolute atomic E-state index is 0.797. The maximum atomic E-state index is 5.42. The lowest BCUT2D eigenvalue weighted by Gasteiger charge is -2.36. The van der Waals surface area contributed by atoms with Gasteiger partial charge < -0.3 is 19.4 Å². The molecule has 0 N–H and O–H groups in total. The molecule has 3 rings (SSSR count). The van der Waals surface area contributed by atoms with E-state index in [1.165, 1.54) is 107 Å². The molecule has 0 radical (unpaired) electrons. The van der Waals surface area contributed by atoms with Crippen LogP contribution < -0.4 is 4.74 Å². The maximum absolute atomic E-state index is 5.42. The van der Waals surface area contributed by atoms with E-state index in [1.54, 1.807) is 7.11 Å². The third kappa shape index (κ3) is 8.30. The molecule has 5 heteroatoms. The Bertz CT molecular complexity index is 658. The summed E-state index contributed by atoms with van der Waals surface area (Å²) in [6, 6.07) is 6.36. The van der Waals surface area contributed by atoms with Crippen LogP contribution in [0.4, 0.5) is 0 Å². The van der Waals surface area contributed by atoms with Crippen molar-refractivity contribution in [2.45, 2.75) is 58.8 Å². The molecule has 1 atom stereocenters. The molecule has 0 aliphatic carbocycles. The second-order valence-electron chi connectivity index (χ2n) is 9.92. The zero-order valence-electron chi connectivity index (χ0n) is 20.8. The van der Waals surface area contributed by atoms with Crippen LogP contribution in [0.2, 0.25) is 0 Å². The molecule has 32 heavy (non-hydrogen) atoms. The molecule has 1 aromatic carbocycles. The Morgan fingerprint density at radius 3 is 2.50 bits per heavy atom. The highest BCUT2D eigenvalue weighted by molar-refractivity contribution is 9.10. The van der Waals surface area contributed by atoms with Crippen LogP contribution in [0, 0.1) is 11.8 Å². The van der Waals surface area contributed by atoms with Crippen LogP contribution >= 0.6 is 15.9 Å². The smallest absolute Gasteiger partial charge is 0.119 e. The van der Waals surface area contributed by atoms with Crippen LogP contribution in [-0.4, -0.2) is 80.7 Å². The first-order valence-corrected chi connectivity index (χ1v) is 13.9. The molecule has 2 fully saturated rings. The molecule has 2 aliphatic heterocycles. The molecule has 0 amide bonds. The van der Waals surface area contributed by atoms with Crippen LogP contribution in [0.15, 0.2) is 22.7 Å². The normalized spacial score (nSPS) is 21.3. The van der Waals surface area contributed by atoms with Gasteiger partial charge in [-0.1, -0.05) is 29.8 Å². The topological polar surface area (TPSA) is 19.0 Å². The summed E-state index contributed by atoms with van der Waals surface area (Å²) in [7, 11) is 1.75. The predicted molar refractivity (Wildman–Crippen MR) is 140 cm³/mol. The number of benzene rings is 1. The molecule has 2 aliphatic rings. The first kappa shape index (κ1) is 26.0. The summed E-state index contributed by atoms with van der Waals surface area (Å²) in [4.78, 5) is 8.03. The van der Waals surface area contributed by atoms with E-state index >= 15 is 0 Å². The highest BCUT2D eigenvalue weighted by Gasteiger charge is 2.23. The molecule has 0 bridgehead atoms. The lowest BCUT2D eigenvalue weighted by molar-refractivity contribution is 0.132. The first-order valence-electron chi connectivity index (χ1n) is 13.1. The Hall–Kier alpha value is -0.620. The van der Waals surface area contributed by atoms with Gasteiger partial charge in [0.15, 0.2) is 0 Å². The van der Waals surface area contributed by atoms with Crippen molar-refractivity contribution >= 4 is 15.9 Å². The van der Waals surface area contributed by atoms with Crippen molar-refractivity contribution in [2.24, 2.45) is 11.8 Å². The van der Waals surface area contributed by atoms with Crippen molar-refractivity contribution < 1.29 is 4.74 Å². The van der Waals surface area contributed by atoms with E-state index in [0.717, 1.165) is 24.0 Å². The third-order valence-corrected chi connectivity index (χ3v) is 8.54. The van der Waals surface area contributed by atoms with Crippen molar-refractivity contribution in [2.75, 3.05) is 66.0 Å². The number of rotatable bonds is 12. The molecular weight excluding hydrogens is 462 g/mol. The number of nitrogens with zero attached hydrogens (tertiary/aromatic N) is 3. The molecule has 4 nitrogen and oxygen atoms in total. The summed E-state index contributed by atoms with van der Waals surface area (Å²) in [5, 5.41) is 0. The Balaban J connectivity index is 1.33. The van der Waals surface area contributed by atoms with E-state index in [-0.39, 0.29) is 0 Å². The number of halogens is 1. The van der Waals surface area contributed by atoms with Gasteiger partial charge in [0.25, 0.3) is 0 Å². The van der Waals surface area contributed by atoms with Crippen molar-refractivity contribution in [3.05, 3.63) is 28.2 Å². The molecule has 1 aromatic rings. The fourth-order valence-electron chi connectivity index (χ4n) is 5.57. The van der Waals surface area contributed by atoms with Crippen LogP contribution in [0.1, 0.15) is 57.9 Å². The van der Waals surface area contributed by atoms with Gasteiger partial charge >= 0.3 is 0 Å². The Morgan fingerprint density at radius 1 is 1.00 bits per heavy atom. The minimum Gasteiger partial charge on any atom is -0.497 e.